The zero-order chi connectivity index (χ0) is 13.9. The highest BCUT2D eigenvalue weighted by Gasteiger charge is 2.26. The lowest BCUT2D eigenvalue weighted by Gasteiger charge is -2.15. The zero-order valence-corrected chi connectivity index (χ0v) is 10.6. The average molecular weight is 255 g/mol. The van der Waals surface area contributed by atoms with E-state index in [2.05, 4.69) is 0 Å². The Kier molecular flexibility index (Phi) is 4.33. The van der Waals surface area contributed by atoms with Gasteiger partial charge in [0.15, 0.2) is 5.75 Å². The summed E-state index contributed by atoms with van der Waals surface area (Å²) >= 11 is 0. The lowest BCUT2D eigenvalue weighted by molar-refractivity contribution is -0.386. The van der Waals surface area contributed by atoms with E-state index in [1.807, 2.05) is 0 Å². The Hall–Kier alpha value is -2.02. The molecule has 0 aromatic heterocycles. The van der Waals surface area contributed by atoms with Crippen molar-refractivity contribution in [3.63, 3.8) is 0 Å². The lowest BCUT2D eigenvalue weighted by Crippen LogP contribution is -2.10. The second-order valence-corrected chi connectivity index (χ2v) is 3.81. The Balaban J connectivity index is 3.52. The van der Waals surface area contributed by atoms with E-state index in [9.17, 15) is 10.1 Å². The number of hydrogen-bond donors (Lipinski definition) is 2. The summed E-state index contributed by atoms with van der Waals surface area (Å²) in [6.07, 6.45) is 0.329. The molecule has 1 rings (SSSR count). The number of benzene rings is 1. The Morgan fingerprint density at radius 3 is 2.33 bits per heavy atom. The molecule has 0 saturated heterocycles. The normalized spacial score (nSPS) is 10.4. The molecule has 7 heteroatoms. The Bertz CT molecular complexity index is 474. The van der Waals surface area contributed by atoms with E-state index >= 15 is 0 Å². The standard InChI is InChI=1S/C11H17N3O4/c1-6-8(12)11(18-3)9(13)7(4-5-17-2)10(6)14(15)16/h4-5,12-13H2,1-3H3. The maximum Gasteiger partial charge on any atom is 0.279 e. The van der Waals surface area contributed by atoms with Crippen LogP contribution in [-0.4, -0.2) is 25.7 Å². The van der Waals surface area contributed by atoms with Crippen LogP contribution in [0.3, 0.4) is 0 Å². The van der Waals surface area contributed by atoms with Gasteiger partial charge in [-0.3, -0.25) is 10.1 Å². The number of hydrogen-bond acceptors (Lipinski definition) is 6. The summed E-state index contributed by atoms with van der Waals surface area (Å²) in [7, 11) is 2.94. The predicted molar refractivity (Wildman–Crippen MR) is 68.8 cm³/mol. The maximum absolute atomic E-state index is 11.1. The van der Waals surface area contributed by atoms with Gasteiger partial charge in [0, 0.05) is 13.5 Å². The molecule has 0 spiro atoms. The fraction of sp³-hybridized carbons (Fsp3) is 0.455. The second kappa shape index (κ2) is 5.54. The van der Waals surface area contributed by atoms with E-state index in [1.54, 1.807) is 6.92 Å². The first-order valence-electron chi connectivity index (χ1n) is 5.33. The Morgan fingerprint density at radius 1 is 1.28 bits per heavy atom. The quantitative estimate of drug-likeness (QED) is 0.465. The third kappa shape index (κ3) is 2.30. The van der Waals surface area contributed by atoms with Crippen LogP contribution in [0.1, 0.15) is 11.1 Å². The minimum Gasteiger partial charge on any atom is -0.492 e. The monoisotopic (exact) mass is 255 g/mol. The predicted octanol–water partition coefficient (Wildman–Crippen LogP) is 1.27. The molecule has 0 heterocycles. The largest absolute Gasteiger partial charge is 0.492 e. The molecule has 0 atom stereocenters. The van der Waals surface area contributed by atoms with Gasteiger partial charge in [0.1, 0.15) is 0 Å². The molecule has 0 aliphatic rings. The number of nitrogens with two attached hydrogens (primary N) is 2. The van der Waals surface area contributed by atoms with Crippen LogP contribution in [0.4, 0.5) is 17.1 Å². The second-order valence-electron chi connectivity index (χ2n) is 3.81. The first-order chi connectivity index (χ1) is 8.45. The fourth-order valence-corrected chi connectivity index (χ4v) is 1.86. The van der Waals surface area contributed by atoms with E-state index in [0.717, 1.165) is 0 Å². The van der Waals surface area contributed by atoms with Gasteiger partial charge in [-0.15, -0.1) is 0 Å². The summed E-state index contributed by atoms with van der Waals surface area (Å²) < 4.78 is 10.0. The number of anilines is 2. The first-order valence-corrected chi connectivity index (χ1v) is 5.33. The van der Waals surface area contributed by atoms with E-state index in [0.29, 0.717) is 24.2 Å². The molecule has 18 heavy (non-hydrogen) atoms. The van der Waals surface area contributed by atoms with Crippen molar-refractivity contribution in [3.8, 4) is 5.75 Å². The molecule has 0 bridgehead atoms. The number of rotatable bonds is 5. The minimum absolute atomic E-state index is 0.0668. The molecule has 1 aromatic carbocycles. The highest BCUT2D eigenvalue weighted by molar-refractivity contribution is 5.80. The molecule has 0 aliphatic carbocycles. The van der Waals surface area contributed by atoms with Gasteiger partial charge >= 0.3 is 0 Å². The van der Waals surface area contributed by atoms with Crippen LogP contribution in [0.25, 0.3) is 0 Å². The molecule has 4 N–H and O–H groups in total. The topological polar surface area (TPSA) is 114 Å². The van der Waals surface area contributed by atoms with Crippen molar-refractivity contribution in [2.24, 2.45) is 0 Å². The van der Waals surface area contributed by atoms with E-state index in [4.69, 9.17) is 20.9 Å². The molecule has 0 fully saturated rings. The van der Waals surface area contributed by atoms with Gasteiger partial charge in [-0.2, -0.15) is 0 Å². The number of methoxy groups -OCH3 is 2. The van der Waals surface area contributed by atoms with Crippen molar-refractivity contribution in [1.82, 2.24) is 0 Å². The molecule has 0 saturated carbocycles. The molecule has 0 aliphatic heterocycles. The molecule has 7 nitrogen and oxygen atoms in total. The van der Waals surface area contributed by atoms with E-state index < -0.39 is 4.92 Å². The summed E-state index contributed by atoms with van der Waals surface area (Å²) in [5.41, 5.74) is 12.7. The van der Waals surface area contributed by atoms with Gasteiger partial charge in [-0.25, -0.2) is 0 Å². The van der Waals surface area contributed by atoms with Gasteiger partial charge in [-0.05, 0) is 6.92 Å². The Morgan fingerprint density at radius 2 is 1.89 bits per heavy atom. The Labute approximate surface area is 105 Å². The van der Waals surface area contributed by atoms with Crippen LogP contribution < -0.4 is 16.2 Å². The molecular formula is C11H17N3O4. The molecule has 100 valence electrons. The summed E-state index contributed by atoms with van der Waals surface area (Å²) in [5, 5.41) is 11.1. The number of nitrogen functional groups attached to an aromatic ring is 2. The van der Waals surface area contributed by atoms with Crippen molar-refractivity contribution < 1.29 is 14.4 Å². The third-order valence-corrected chi connectivity index (χ3v) is 2.80. The van der Waals surface area contributed by atoms with Gasteiger partial charge in [0.05, 0.1) is 41.1 Å². The molecule has 1 aromatic rings. The lowest BCUT2D eigenvalue weighted by atomic mass is 10.0. The number of nitro benzene ring substituents is 1. The average Bonchev–Trinajstić information content (AvgIpc) is 2.32. The smallest absolute Gasteiger partial charge is 0.279 e. The van der Waals surface area contributed by atoms with Crippen molar-refractivity contribution >= 4 is 17.1 Å². The summed E-state index contributed by atoms with van der Waals surface area (Å²) in [6.45, 7) is 1.91. The molecular weight excluding hydrogens is 238 g/mol. The summed E-state index contributed by atoms with van der Waals surface area (Å²) in [5.74, 6) is 0.282. The van der Waals surface area contributed by atoms with Gasteiger partial charge in [0.25, 0.3) is 5.69 Å². The summed E-state index contributed by atoms with van der Waals surface area (Å²) in [6, 6.07) is 0. The van der Waals surface area contributed by atoms with Crippen molar-refractivity contribution in [2.45, 2.75) is 13.3 Å². The van der Waals surface area contributed by atoms with Crippen molar-refractivity contribution in [2.75, 3.05) is 32.3 Å². The number of nitro groups is 1. The van der Waals surface area contributed by atoms with Crippen molar-refractivity contribution in [3.05, 3.63) is 21.2 Å². The van der Waals surface area contributed by atoms with Crippen LogP contribution in [0.5, 0.6) is 5.75 Å². The summed E-state index contributed by atoms with van der Waals surface area (Å²) in [4.78, 5) is 10.6. The molecule has 0 radical (unpaired) electrons. The molecule has 0 amide bonds. The fourth-order valence-electron chi connectivity index (χ4n) is 1.86. The number of ether oxygens (including phenoxy) is 2. The van der Waals surface area contributed by atoms with Gasteiger partial charge in [0.2, 0.25) is 0 Å². The van der Waals surface area contributed by atoms with Crippen LogP contribution >= 0.6 is 0 Å². The highest BCUT2D eigenvalue weighted by atomic mass is 16.6. The molecule has 0 unspecified atom stereocenters. The van der Waals surface area contributed by atoms with Crippen molar-refractivity contribution in [1.29, 1.82) is 0 Å². The van der Waals surface area contributed by atoms with Crippen LogP contribution in [0.15, 0.2) is 0 Å². The maximum atomic E-state index is 11.1. The zero-order valence-electron chi connectivity index (χ0n) is 10.6. The van der Waals surface area contributed by atoms with Crippen LogP contribution in [0, 0.1) is 17.0 Å². The highest BCUT2D eigenvalue weighted by Crippen LogP contribution is 2.42. The van der Waals surface area contributed by atoms with Gasteiger partial charge < -0.3 is 20.9 Å². The first kappa shape index (κ1) is 14.0. The third-order valence-electron chi connectivity index (χ3n) is 2.80. The SMILES string of the molecule is COCCc1c(N)c(OC)c(N)c(C)c1[N+](=O)[O-]. The number of nitrogens with zero attached hydrogens (tertiary/aromatic N) is 1. The van der Waals surface area contributed by atoms with Crippen LogP contribution in [-0.2, 0) is 11.2 Å². The van der Waals surface area contributed by atoms with E-state index in [1.165, 1.54) is 14.2 Å². The van der Waals surface area contributed by atoms with Gasteiger partial charge in [-0.1, -0.05) is 0 Å². The minimum atomic E-state index is -0.480. The van der Waals surface area contributed by atoms with Crippen LogP contribution in [0.2, 0.25) is 0 Å². The van der Waals surface area contributed by atoms with E-state index in [-0.39, 0.29) is 22.8 Å².